The molecule has 1 aliphatic carbocycles. The molecule has 0 aliphatic heterocycles. The van der Waals surface area contributed by atoms with E-state index in [1.165, 1.54) is 5.56 Å². The first-order valence-corrected chi connectivity index (χ1v) is 6.82. The average Bonchev–Trinajstić information content (AvgIpc) is 3.16. The van der Waals surface area contributed by atoms with E-state index in [1.807, 2.05) is 19.1 Å². The number of rotatable bonds is 5. The topological polar surface area (TPSA) is 41.1 Å². The van der Waals surface area contributed by atoms with Gasteiger partial charge in [-0.3, -0.25) is 0 Å². The van der Waals surface area contributed by atoms with Crippen LogP contribution in [0.15, 0.2) is 24.3 Å². The SMILES string of the molecule is CCCNC(=O)NCC1(c2ccc(Cl)cc2)CC1. The average molecular weight is 267 g/mol. The number of halogens is 1. The largest absolute Gasteiger partial charge is 0.338 e. The molecule has 18 heavy (non-hydrogen) atoms. The highest BCUT2D eigenvalue weighted by Crippen LogP contribution is 2.47. The quantitative estimate of drug-likeness (QED) is 0.845. The van der Waals surface area contributed by atoms with Crippen LogP contribution in [0.2, 0.25) is 5.02 Å². The van der Waals surface area contributed by atoms with Crippen LogP contribution in [0.5, 0.6) is 0 Å². The standard InChI is InChI=1S/C14H19ClN2O/c1-2-9-16-13(18)17-10-14(7-8-14)11-3-5-12(15)6-4-11/h3-6H,2,7-10H2,1H3,(H2,16,17,18). The van der Waals surface area contributed by atoms with Gasteiger partial charge in [-0.1, -0.05) is 30.7 Å². The van der Waals surface area contributed by atoms with Crippen LogP contribution in [0.25, 0.3) is 0 Å². The summed E-state index contributed by atoms with van der Waals surface area (Å²) in [7, 11) is 0. The molecule has 2 rings (SSSR count). The van der Waals surface area contributed by atoms with Crippen molar-refractivity contribution in [1.29, 1.82) is 0 Å². The molecule has 1 aromatic rings. The molecule has 0 unspecified atom stereocenters. The van der Waals surface area contributed by atoms with Gasteiger partial charge in [0.1, 0.15) is 0 Å². The lowest BCUT2D eigenvalue weighted by molar-refractivity contribution is 0.240. The highest BCUT2D eigenvalue weighted by molar-refractivity contribution is 6.30. The predicted octanol–water partition coefficient (Wildman–Crippen LogP) is 3.08. The molecule has 3 nitrogen and oxygen atoms in total. The number of hydrogen-bond donors (Lipinski definition) is 2. The minimum atomic E-state index is -0.0721. The summed E-state index contributed by atoms with van der Waals surface area (Å²) >= 11 is 5.89. The minimum Gasteiger partial charge on any atom is -0.338 e. The molecule has 0 spiro atoms. The van der Waals surface area contributed by atoms with Gasteiger partial charge >= 0.3 is 6.03 Å². The second-order valence-electron chi connectivity index (χ2n) is 4.90. The number of benzene rings is 1. The van der Waals surface area contributed by atoms with E-state index in [2.05, 4.69) is 22.8 Å². The summed E-state index contributed by atoms with van der Waals surface area (Å²) in [5.41, 5.74) is 1.40. The van der Waals surface area contributed by atoms with Crippen LogP contribution < -0.4 is 10.6 Å². The lowest BCUT2D eigenvalue weighted by Gasteiger charge is -2.17. The fourth-order valence-electron chi connectivity index (χ4n) is 2.07. The highest BCUT2D eigenvalue weighted by atomic mass is 35.5. The van der Waals surface area contributed by atoms with Crippen LogP contribution in [0.4, 0.5) is 4.79 Å². The maximum atomic E-state index is 11.5. The molecular formula is C14H19ClN2O. The molecule has 2 N–H and O–H groups in total. The van der Waals surface area contributed by atoms with Gasteiger partial charge in [0.2, 0.25) is 0 Å². The molecule has 0 heterocycles. The summed E-state index contributed by atoms with van der Waals surface area (Å²) in [6.45, 7) is 3.46. The molecule has 1 fully saturated rings. The van der Waals surface area contributed by atoms with E-state index >= 15 is 0 Å². The van der Waals surface area contributed by atoms with E-state index in [0.717, 1.165) is 30.8 Å². The number of urea groups is 1. The third-order valence-electron chi connectivity index (χ3n) is 3.43. The first kappa shape index (κ1) is 13.2. The Morgan fingerprint density at radius 2 is 1.94 bits per heavy atom. The Morgan fingerprint density at radius 1 is 1.28 bits per heavy atom. The molecule has 0 bridgehead atoms. The van der Waals surface area contributed by atoms with E-state index in [9.17, 15) is 4.79 Å². The summed E-state index contributed by atoms with van der Waals surface area (Å²) in [5, 5.41) is 6.53. The van der Waals surface area contributed by atoms with Gasteiger partial charge in [-0.15, -0.1) is 0 Å². The van der Waals surface area contributed by atoms with Crippen molar-refractivity contribution in [2.45, 2.75) is 31.6 Å². The fourth-order valence-corrected chi connectivity index (χ4v) is 2.20. The number of nitrogens with one attached hydrogen (secondary N) is 2. The van der Waals surface area contributed by atoms with Crippen LogP contribution in [0.1, 0.15) is 31.7 Å². The van der Waals surface area contributed by atoms with Crippen molar-refractivity contribution in [3.05, 3.63) is 34.9 Å². The fraction of sp³-hybridized carbons (Fsp3) is 0.500. The van der Waals surface area contributed by atoms with Crippen LogP contribution >= 0.6 is 11.6 Å². The second-order valence-corrected chi connectivity index (χ2v) is 5.33. The van der Waals surface area contributed by atoms with E-state index in [0.29, 0.717) is 6.54 Å². The summed E-state index contributed by atoms with van der Waals surface area (Å²) in [6.07, 6.45) is 3.21. The first-order chi connectivity index (χ1) is 8.66. The molecule has 1 saturated carbocycles. The maximum Gasteiger partial charge on any atom is 0.314 e. The minimum absolute atomic E-state index is 0.0721. The van der Waals surface area contributed by atoms with Crippen LogP contribution in [-0.4, -0.2) is 19.1 Å². The number of amides is 2. The van der Waals surface area contributed by atoms with Crippen molar-refractivity contribution < 1.29 is 4.79 Å². The molecule has 1 aromatic carbocycles. The first-order valence-electron chi connectivity index (χ1n) is 6.44. The van der Waals surface area contributed by atoms with E-state index < -0.39 is 0 Å². The van der Waals surface area contributed by atoms with E-state index in [-0.39, 0.29) is 11.4 Å². The van der Waals surface area contributed by atoms with Gasteiger partial charge in [0.05, 0.1) is 0 Å². The van der Waals surface area contributed by atoms with Gasteiger partial charge in [0.25, 0.3) is 0 Å². The van der Waals surface area contributed by atoms with Crippen molar-refractivity contribution in [3.63, 3.8) is 0 Å². The zero-order valence-electron chi connectivity index (χ0n) is 10.6. The zero-order chi connectivity index (χ0) is 13.0. The van der Waals surface area contributed by atoms with Gasteiger partial charge in [-0.2, -0.15) is 0 Å². The number of carbonyl (C=O) groups is 1. The van der Waals surface area contributed by atoms with Gasteiger partial charge in [-0.25, -0.2) is 4.79 Å². The Labute approximate surface area is 113 Å². The van der Waals surface area contributed by atoms with Gasteiger partial charge in [-0.05, 0) is 37.0 Å². The summed E-state index contributed by atoms with van der Waals surface area (Å²) in [4.78, 5) is 11.5. The highest BCUT2D eigenvalue weighted by Gasteiger charge is 2.44. The van der Waals surface area contributed by atoms with Crippen molar-refractivity contribution >= 4 is 17.6 Å². The van der Waals surface area contributed by atoms with Gasteiger partial charge in [0.15, 0.2) is 0 Å². The molecular weight excluding hydrogens is 248 g/mol. The van der Waals surface area contributed by atoms with Gasteiger partial charge < -0.3 is 10.6 Å². The molecule has 0 saturated heterocycles. The van der Waals surface area contributed by atoms with Crippen molar-refractivity contribution in [1.82, 2.24) is 10.6 Å². The third kappa shape index (κ3) is 3.16. The van der Waals surface area contributed by atoms with E-state index in [1.54, 1.807) is 0 Å². The Morgan fingerprint density at radius 3 is 2.50 bits per heavy atom. The van der Waals surface area contributed by atoms with E-state index in [4.69, 9.17) is 11.6 Å². The molecule has 0 atom stereocenters. The predicted molar refractivity (Wildman–Crippen MR) is 74.1 cm³/mol. The van der Waals surface area contributed by atoms with Crippen LogP contribution in [0, 0.1) is 0 Å². The monoisotopic (exact) mass is 266 g/mol. The Bertz CT molecular complexity index is 412. The van der Waals surface area contributed by atoms with Crippen LogP contribution in [-0.2, 0) is 5.41 Å². The third-order valence-corrected chi connectivity index (χ3v) is 3.69. The van der Waals surface area contributed by atoms with Crippen molar-refractivity contribution in [2.24, 2.45) is 0 Å². The lowest BCUT2D eigenvalue weighted by atomic mass is 9.96. The second kappa shape index (κ2) is 5.61. The molecule has 0 aromatic heterocycles. The molecule has 2 amide bonds. The summed E-state index contributed by atoms with van der Waals surface area (Å²) < 4.78 is 0. The van der Waals surface area contributed by atoms with Gasteiger partial charge in [0, 0.05) is 23.5 Å². The Balaban J connectivity index is 1.88. The Hall–Kier alpha value is -1.22. The zero-order valence-corrected chi connectivity index (χ0v) is 11.4. The summed E-state index contributed by atoms with van der Waals surface area (Å²) in [6, 6.07) is 7.86. The normalized spacial score (nSPS) is 16.1. The van der Waals surface area contributed by atoms with Crippen LogP contribution in [0.3, 0.4) is 0 Å². The lowest BCUT2D eigenvalue weighted by Crippen LogP contribution is -2.40. The molecule has 4 heteroatoms. The molecule has 1 aliphatic rings. The number of carbonyl (C=O) groups excluding carboxylic acids is 1. The number of hydrogen-bond acceptors (Lipinski definition) is 1. The summed E-state index contributed by atoms with van der Waals surface area (Å²) in [5.74, 6) is 0. The van der Waals surface area contributed by atoms with Crippen molar-refractivity contribution in [3.8, 4) is 0 Å². The smallest absolute Gasteiger partial charge is 0.314 e. The maximum absolute atomic E-state index is 11.5. The molecule has 98 valence electrons. The van der Waals surface area contributed by atoms with Crippen molar-refractivity contribution in [2.75, 3.05) is 13.1 Å². The Kier molecular flexibility index (Phi) is 4.12. The molecule has 0 radical (unpaired) electrons.